The summed E-state index contributed by atoms with van der Waals surface area (Å²) in [6.45, 7) is 5.44. The Morgan fingerprint density at radius 3 is 2.54 bits per heavy atom. The quantitative estimate of drug-likeness (QED) is 0.801. The fourth-order valence-corrected chi connectivity index (χ4v) is 2.58. The summed E-state index contributed by atoms with van der Waals surface area (Å²) in [6, 6.07) is 6.05. The largest absolute Gasteiger partial charge is 0.337 e. The predicted octanol–water partition coefficient (Wildman–Crippen LogP) is 1.87. The Morgan fingerprint density at radius 2 is 1.92 bits per heavy atom. The van der Waals surface area contributed by atoms with Gasteiger partial charge in [-0.15, -0.1) is 0 Å². The molecule has 0 saturated carbocycles. The molecule has 1 aliphatic rings. The summed E-state index contributed by atoms with van der Waals surface area (Å²) in [4.78, 5) is 16.3. The molecule has 6 nitrogen and oxygen atoms in total. The smallest absolute Gasteiger partial charge is 0.246 e. The van der Waals surface area contributed by atoms with E-state index < -0.39 is 0 Å². The minimum Gasteiger partial charge on any atom is -0.337 e. The molecule has 0 spiro atoms. The van der Waals surface area contributed by atoms with E-state index in [1.165, 1.54) is 18.2 Å². The number of amides is 1. The highest BCUT2D eigenvalue weighted by Gasteiger charge is 2.21. The van der Waals surface area contributed by atoms with Crippen molar-refractivity contribution in [1.29, 1.82) is 0 Å². The fourth-order valence-electron chi connectivity index (χ4n) is 2.58. The van der Waals surface area contributed by atoms with Crippen LogP contribution in [0.1, 0.15) is 17.0 Å². The van der Waals surface area contributed by atoms with Crippen molar-refractivity contribution in [3.8, 4) is 0 Å². The molecular formula is C17H19FN4O2. The summed E-state index contributed by atoms with van der Waals surface area (Å²) in [5, 5.41) is 7.66. The van der Waals surface area contributed by atoms with Gasteiger partial charge in [0.1, 0.15) is 17.2 Å². The van der Waals surface area contributed by atoms with E-state index in [1.54, 1.807) is 18.2 Å². The van der Waals surface area contributed by atoms with Gasteiger partial charge in [-0.05, 0) is 30.7 Å². The molecule has 7 heteroatoms. The molecular weight excluding hydrogens is 311 g/mol. The second-order valence-corrected chi connectivity index (χ2v) is 5.78. The third-order valence-electron chi connectivity index (χ3n) is 4.09. The average Bonchev–Trinajstić information content (AvgIpc) is 3.00. The Morgan fingerprint density at radius 1 is 1.21 bits per heavy atom. The highest BCUT2D eigenvalue weighted by atomic mass is 19.1. The van der Waals surface area contributed by atoms with Gasteiger partial charge in [0.25, 0.3) is 0 Å². The molecule has 3 rings (SSSR count). The van der Waals surface area contributed by atoms with Crippen molar-refractivity contribution in [3.63, 3.8) is 0 Å². The first kappa shape index (κ1) is 16.3. The molecule has 24 heavy (non-hydrogen) atoms. The molecule has 1 fully saturated rings. The first-order valence-electron chi connectivity index (χ1n) is 7.85. The zero-order chi connectivity index (χ0) is 16.9. The van der Waals surface area contributed by atoms with Crippen molar-refractivity contribution >= 4 is 12.0 Å². The first-order chi connectivity index (χ1) is 11.6. The third-order valence-corrected chi connectivity index (χ3v) is 4.09. The van der Waals surface area contributed by atoms with E-state index in [1.807, 2.05) is 11.8 Å². The lowest BCUT2D eigenvalue weighted by Gasteiger charge is -2.33. The minimum absolute atomic E-state index is 0.0294. The number of hydrogen-bond donors (Lipinski definition) is 0. The summed E-state index contributed by atoms with van der Waals surface area (Å²) >= 11 is 0. The molecule has 0 atom stereocenters. The maximum atomic E-state index is 12.9. The number of carbonyl (C=O) groups is 1. The van der Waals surface area contributed by atoms with Gasteiger partial charge < -0.3 is 4.90 Å². The molecule has 0 aliphatic carbocycles. The molecule has 1 amide bonds. The number of benzene rings is 1. The second kappa shape index (κ2) is 7.35. The monoisotopic (exact) mass is 330 g/mol. The van der Waals surface area contributed by atoms with Gasteiger partial charge in [-0.25, -0.2) is 9.02 Å². The number of rotatable bonds is 4. The van der Waals surface area contributed by atoms with Gasteiger partial charge in [-0.1, -0.05) is 22.4 Å². The summed E-state index contributed by atoms with van der Waals surface area (Å²) in [5.74, 6) is -0.314. The summed E-state index contributed by atoms with van der Waals surface area (Å²) in [7, 11) is 0. The van der Waals surface area contributed by atoms with Crippen LogP contribution < -0.4 is 0 Å². The van der Waals surface area contributed by atoms with Gasteiger partial charge in [-0.3, -0.25) is 9.69 Å². The SMILES string of the molecule is Cc1nonc1CN1CCN(C(=O)C=Cc2ccc(F)cc2)CC1. The highest BCUT2D eigenvalue weighted by Crippen LogP contribution is 2.10. The maximum Gasteiger partial charge on any atom is 0.246 e. The lowest BCUT2D eigenvalue weighted by atomic mass is 10.2. The molecule has 2 aromatic rings. The van der Waals surface area contributed by atoms with Crippen LogP contribution in [0.3, 0.4) is 0 Å². The van der Waals surface area contributed by atoms with Gasteiger partial charge in [0.2, 0.25) is 5.91 Å². The van der Waals surface area contributed by atoms with Crippen LogP contribution in [0.15, 0.2) is 35.0 Å². The van der Waals surface area contributed by atoms with Gasteiger partial charge in [0.05, 0.1) is 0 Å². The van der Waals surface area contributed by atoms with Crippen molar-refractivity contribution < 1.29 is 13.8 Å². The van der Waals surface area contributed by atoms with Gasteiger partial charge >= 0.3 is 0 Å². The first-order valence-corrected chi connectivity index (χ1v) is 7.85. The average molecular weight is 330 g/mol. The molecule has 0 N–H and O–H groups in total. The molecule has 1 aliphatic heterocycles. The van der Waals surface area contributed by atoms with Gasteiger partial charge in [0, 0.05) is 38.8 Å². The fraction of sp³-hybridized carbons (Fsp3) is 0.353. The number of aromatic nitrogens is 2. The van der Waals surface area contributed by atoms with Crippen LogP contribution in [0, 0.1) is 12.7 Å². The predicted molar refractivity (Wildman–Crippen MR) is 86.3 cm³/mol. The Hall–Kier alpha value is -2.54. The van der Waals surface area contributed by atoms with Crippen LogP contribution in [0.25, 0.3) is 6.08 Å². The number of nitrogens with zero attached hydrogens (tertiary/aromatic N) is 4. The van der Waals surface area contributed by atoms with Crippen molar-refractivity contribution in [1.82, 2.24) is 20.1 Å². The van der Waals surface area contributed by atoms with Crippen LogP contribution in [0.5, 0.6) is 0 Å². The number of halogens is 1. The van der Waals surface area contributed by atoms with Crippen molar-refractivity contribution in [2.45, 2.75) is 13.5 Å². The van der Waals surface area contributed by atoms with E-state index >= 15 is 0 Å². The molecule has 1 saturated heterocycles. The zero-order valence-corrected chi connectivity index (χ0v) is 13.5. The van der Waals surface area contributed by atoms with Crippen LogP contribution in [-0.2, 0) is 11.3 Å². The van der Waals surface area contributed by atoms with Crippen LogP contribution >= 0.6 is 0 Å². The van der Waals surface area contributed by atoms with E-state index in [4.69, 9.17) is 4.63 Å². The topological polar surface area (TPSA) is 62.5 Å². The van der Waals surface area contributed by atoms with Crippen molar-refractivity contribution in [2.24, 2.45) is 0 Å². The number of aryl methyl sites for hydroxylation is 1. The molecule has 0 unspecified atom stereocenters. The number of hydrogen-bond acceptors (Lipinski definition) is 5. The maximum absolute atomic E-state index is 12.9. The molecule has 0 radical (unpaired) electrons. The summed E-state index contributed by atoms with van der Waals surface area (Å²) < 4.78 is 17.6. The lowest BCUT2D eigenvalue weighted by Crippen LogP contribution is -2.47. The van der Waals surface area contributed by atoms with Crippen molar-refractivity contribution in [3.05, 3.63) is 53.1 Å². The van der Waals surface area contributed by atoms with Gasteiger partial charge in [-0.2, -0.15) is 0 Å². The van der Waals surface area contributed by atoms with E-state index in [0.717, 1.165) is 30.0 Å². The second-order valence-electron chi connectivity index (χ2n) is 5.78. The van der Waals surface area contributed by atoms with Gasteiger partial charge in [0.15, 0.2) is 0 Å². The van der Waals surface area contributed by atoms with E-state index in [-0.39, 0.29) is 11.7 Å². The molecule has 126 valence electrons. The Bertz CT molecular complexity index is 718. The lowest BCUT2D eigenvalue weighted by molar-refractivity contribution is -0.127. The molecule has 1 aromatic carbocycles. The minimum atomic E-state index is -0.285. The molecule has 0 bridgehead atoms. The normalized spacial score (nSPS) is 16.0. The van der Waals surface area contributed by atoms with E-state index in [2.05, 4.69) is 15.2 Å². The number of piperazine rings is 1. The standard InChI is InChI=1S/C17H19FN4O2/c1-13-16(20-24-19-13)12-21-8-10-22(11-9-21)17(23)7-4-14-2-5-15(18)6-3-14/h2-7H,8-12H2,1H3. The van der Waals surface area contributed by atoms with Crippen LogP contribution in [-0.4, -0.2) is 52.2 Å². The summed E-state index contributed by atoms with van der Waals surface area (Å²) in [5.41, 5.74) is 2.44. The Balaban J connectivity index is 1.49. The Kier molecular flexibility index (Phi) is 5.00. The molecule has 2 heterocycles. The van der Waals surface area contributed by atoms with Crippen LogP contribution in [0.2, 0.25) is 0 Å². The molecule has 1 aromatic heterocycles. The third kappa shape index (κ3) is 4.05. The highest BCUT2D eigenvalue weighted by molar-refractivity contribution is 5.91. The van der Waals surface area contributed by atoms with E-state index in [9.17, 15) is 9.18 Å². The summed E-state index contributed by atoms with van der Waals surface area (Å²) in [6.07, 6.45) is 3.24. The number of carbonyl (C=O) groups excluding carboxylic acids is 1. The van der Waals surface area contributed by atoms with Crippen molar-refractivity contribution in [2.75, 3.05) is 26.2 Å². The van der Waals surface area contributed by atoms with Crippen LogP contribution in [0.4, 0.5) is 4.39 Å². The Labute approximate surface area is 139 Å². The van der Waals surface area contributed by atoms with E-state index in [0.29, 0.717) is 19.6 Å². The zero-order valence-electron chi connectivity index (χ0n) is 13.5.